The van der Waals surface area contributed by atoms with Crippen LogP contribution in [0.2, 0.25) is 5.02 Å². The van der Waals surface area contributed by atoms with Crippen LogP contribution in [0.15, 0.2) is 77.7 Å². The maximum atomic E-state index is 13.4. The average Bonchev–Trinajstić information content (AvgIpc) is 3.27. The maximum absolute atomic E-state index is 13.4. The predicted octanol–water partition coefficient (Wildman–Crippen LogP) is 4.41. The first-order valence-corrected chi connectivity index (χ1v) is 13.4. The summed E-state index contributed by atoms with van der Waals surface area (Å²) in [5, 5.41) is 4.27. The molecular weight excluding hydrogens is 498 g/mol. The molecule has 1 heterocycles. The number of carbonyl (C=O) groups is 2. The maximum Gasteiger partial charge on any atom is 0.242 e. The number of hydrogen-bond acceptors (Lipinski definition) is 4. The van der Waals surface area contributed by atoms with Crippen LogP contribution in [0.3, 0.4) is 0 Å². The SMILES string of the molecule is O=C1CCc2cc(S(=O)(=O)NC(Cc3cc4ccccc4[nH]3)C(=O)Nc3ccc(Cl)cc3)ccc2C1. The Kier molecular flexibility index (Phi) is 6.66. The van der Waals surface area contributed by atoms with Gasteiger partial charge >= 0.3 is 0 Å². The molecule has 5 rings (SSSR count). The van der Waals surface area contributed by atoms with E-state index in [0.717, 1.165) is 27.7 Å². The number of carbonyl (C=O) groups excluding carboxylic acids is 2. The fourth-order valence-electron chi connectivity index (χ4n) is 4.42. The zero-order valence-corrected chi connectivity index (χ0v) is 20.8. The highest BCUT2D eigenvalue weighted by Crippen LogP contribution is 2.24. The number of sulfonamides is 1. The van der Waals surface area contributed by atoms with E-state index in [1.807, 2.05) is 30.3 Å². The van der Waals surface area contributed by atoms with Gasteiger partial charge < -0.3 is 10.3 Å². The van der Waals surface area contributed by atoms with Gasteiger partial charge in [0.25, 0.3) is 0 Å². The van der Waals surface area contributed by atoms with Crippen molar-refractivity contribution in [1.29, 1.82) is 0 Å². The van der Waals surface area contributed by atoms with Crippen molar-refractivity contribution < 1.29 is 18.0 Å². The molecular formula is C27H24ClN3O4S. The third kappa shape index (κ3) is 5.36. The van der Waals surface area contributed by atoms with E-state index in [4.69, 9.17) is 11.6 Å². The minimum absolute atomic E-state index is 0.0662. The number of nitrogens with one attached hydrogen (secondary N) is 3. The van der Waals surface area contributed by atoms with E-state index in [1.165, 1.54) is 6.07 Å². The number of H-pyrrole nitrogens is 1. The molecule has 184 valence electrons. The van der Waals surface area contributed by atoms with Crippen LogP contribution in [0.25, 0.3) is 10.9 Å². The van der Waals surface area contributed by atoms with Gasteiger partial charge in [0, 0.05) is 41.2 Å². The topological polar surface area (TPSA) is 108 Å². The van der Waals surface area contributed by atoms with Crippen molar-refractivity contribution in [3.05, 3.63) is 94.6 Å². The number of aromatic amines is 1. The molecule has 1 unspecified atom stereocenters. The van der Waals surface area contributed by atoms with E-state index < -0.39 is 22.0 Å². The Morgan fingerprint density at radius 3 is 2.53 bits per heavy atom. The zero-order valence-electron chi connectivity index (χ0n) is 19.3. The first kappa shape index (κ1) is 24.2. The molecule has 0 bridgehead atoms. The molecule has 7 nitrogen and oxygen atoms in total. The molecule has 0 radical (unpaired) electrons. The van der Waals surface area contributed by atoms with Crippen molar-refractivity contribution in [2.45, 2.75) is 36.6 Å². The largest absolute Gasteiger partial charge is 0.358 e. The van der Waals surface area contributed by atoms with Crippen molar-refractivity contribution in [3.8, 4) is 0 Å². The molecule has 0 aliphatic heterocycles. The summed E-state index contributed by atoms with van der Waals surface area (Å²) < 4.78 is 29.3. The number of fused-ring (bicyclic) bond motifs is 2. The first-order valence-electron chi connectivity index (χ1n) is 11.6. The number of ketones is 1. The number of Topliss-reactive ketones (excluding diaryl/α,β-unsaturated/α-hetero) is 1. The molecule has 0 saturated carbocycles. The van der Waals surface area contributed by atoms with Gasteiger partial charge in [-0.1, -0.05) is 35.9 Å². The lowest BCUT2D eigenvalue weighted by atomic mass is 9.91. The van der Waals surface area contributed by atoms with Crippen LogP contribution in [0.1, 0.15) is 23.2 Å². The van der Waals surface area contributed by atoms with Crippen LogP contribution in [-0.4, -0.2) is 31.1 Å². The Morgan fingerprint density at radius 2 is 1.75 bits per heavy atom. The molecule has 1 amide bonds. The number of rotatable bonds is 7. The molecule has 9 heteroatoms. The standard InChI is InChI=1S/C27H24ClN3O4S/c28-20-7-9-21(10-8-20)30-27(33)26(16-22-13-19-3-1-2-4-25(19)29-22)31-36(34,35)24-12-6-17-14-23(32)11-5-18(17)15-24/h1-4,6-10,12-13,15,26,29,31H,5,11,14,16H2,(H,30,33). The lowest BCUT2D eigenvalue weighted by Gasteiger charge is -2.20. The molecule has 0 fully saturated rings. The Hall–Kier alpha value is -3.46. The lowest BCUT2D eigenvalue weighted by molar-refractivity contribution is -0.119. The zero-order chi connectivity index (χ0) is 25.3. The summed E-state index contributed by atoms with van der Waals surface area (Å²) in [4.78, 5) is 28.3. The highest BCUT2D eigenvalue weighted by Gasteiger charge is 2.28. The summed E-state index contributed by atoms with van der Waals surface area (Å²) >= 11 is 5.94. The fraction of sp³-hybridized carbons (Fsp3) is 0.185. The fourth-order valence-corrected chi connectivity index (χ4v) is 5.79. The van der Waals surface area contributed by atoms with E-state index in [9.17, 15) is 18.0 Å². The first-order chi connectivity index (χ1) is 17.3. The third-order valence-corrected chi connectivity index (χ3v) is 8.01. The summed E-state index contributed by atoms with van der Waals surface area (Å²) in [6.07, 6.45) is 1.34. The quantitative estimate of drug-likeness (QED) is 0.335. The van der Waals surface area contributed by atoms with Crippen molar-refractivity contribution in [2.24, 2.45) is 0 Å². The number of anilines is 1. The Bertz CT molecular complexity index is 1530. The third-order valence-electron chi connectivity index (χ3n) is 6.28. The van der Waals surface area contributed by atoms with Gasteiger partial charge in [-0.2, -0.15) is 4.72 Å². The highest BCUT2D eigenvalue weighted by atomic mass is 35.5. The number of halogens is 1. The summed E-state index contributed by atoms with van der Waals surface area (Å²) in [5.41, 5.74) is 3.81. The molecule has 3 N–H and O–H groups in total. The Balaban J connectivity index is 1.43. The van der Waals surface area contributed by atoms with Crippen molar-refractivity contribution in [2.75, 3.05) is 5.32 Å². The number of aryl methyl sites for hydroxylation is 1. The van der Waals surface area contributed by atoms with Gasteiger partial charge in [-0.3, -0.25) is 9.59 Å². The summed E-state index contributed by atoms with van der Waals surface area (Å²) in [6.45, 7) is 0. The van der Waals surface area contributed by atoms with Crippen molar-refractivity contribution in [1.82, 2.24) is 9.71 Å². The second-order valence-electron chi connectivity index (χ2n) is 8.90. The summed E-state index contributed by atoms with van der Waals surface area (Å²) in [6, 6.07) is 19.9. The van der Waals surface area contributed by atoms with Gasteiger partial charge in [-0.15, -0.1) is 0 Å². The van der Waals surface area contributed by atoms with E-state index in [2.05, 4.69) is 15.0 Å². The molecule has 3 aromatic carbocycles. The van der Waals surface area contributed by atoms with Crippen LogP contribution in [0, 0.1) is 0 Å². The summed E-state index contributed by atoms with van der Waals surface area (Å²) in [7, 11) is -4.03. The number of para-hydroxylation sites is 1. The second-order valence-corrected chi connectivity index (χ2v) is 11.1. The van der Waals surface area contributed by atoms with Crippen LogP contribution < -0.4 is 10.0 Å². The average molecular weight is 522 g/mol. The van der Waals surface area contributed by atoms with Gasteiger partial charge in [-0.25, -0.2) is 8.42 Å². The Morgan fingerprint density at radius 1 is 0.972 bits per heavy atom. The second kappa shape index (κ2) is 9.89. The van der Waals surface area contributed by atoms with Gasteiger partial charge in [-0.05, 0) is 71.5 Å². The number of hydrogen-bond donors (Lipinski definition) is 3. The molecule has 1 aliphatic carbocycles. The predicted molar refractivity (Wildman–Crippen MR) is 140 cm³/mol. The summed E-state index contributed by atoms with van der Waals surface area (Å²) in [5.74, 6) is -0.350. The monoisotopic (exact) mass is 521 g/mol. The minimum Gasteiger partial charge on any atom is -0.358 e. The molecule has 1 aliphatic rings. The van der Waals surface area contributed by atoms with Gasteiger partial charge in [0.15, 0.2) is 0 Å². The smallest absolute Gasteiger partial charge is 0.242 e. The van der Waals surface area contributed by atoms with Crippen molar-refractivity contribution >= 4 is 49.9 Å². The van der Waals surface area contributed by atoms with Crippen molar-refractivity contribution in [3.63, 3.8) is 0 Å². The molecule has 4 aromatic rings. The highest BCUT2D eigenvalue weighted by molar-refractivity contribution is 7.89. The minimum atomic E-state index is -4.03. The van der Waals surface area contributed by atoms with Crippen LogP contribution >= 0.6 is 11.6 Å². The molecule has 1 atom stereocenters. The van der Waals surface area contributed by atoms with E-state index in [-0.39, 0.29) is 17.1 Å². The van der Waals surface area contributed by atoms with E-state index in [0.29, 0.717) is 30.0 Å². The van der Waals surface area contributed by atoms with Crippen LogP contribution in [-0.2, 0) is 38.9 Å². The lowest BCUT2D eigenvalue weighted by Crippen LogP contribution is -2.45. The Labute approximate surface area is 213 Å². The molecule has 0 spiro atoms. The molecule has 0 saturated heterocycles. The normalized spacial score (nSPS) is 14.4. The van der Waals surface area contributed by atoms with Crippen LogP contribution in [0.4, 0.5) is 5.69 Å². The van der Waals surface area contributed by atoms with E-state index >= 15 is 0 Å². The van der Waals surface area contributed by atoms with Gasteiger partial charge in [0.05, 0.1) is 4.90 Å². The van der Waals surface area contributed by atoms with E-state index in [1.54, 1.807) is 36.4 Å². The number of amides is 1. The number of benzene rings is 3. The molecule has 1 aromatic heterocycles. The number of aromatic nitrogens is 1. The van der Waals surface area contributed by atoms with Crippen LogP contribution in [0.5, 0.6) is 0 Å². The van der Waals surface area contributed by atoms with Gasteiger partial charge in [0.1, 0.15) is 11.8 Å². The van der Waals surface area contributed by atoms with Gasteiger partial charge in [0.2, 0.25) is 15.9 Å². The molecule has 36 heavy (non-hydrogen) atoms.